The average molecular weight is 249 g/mol. The van der Waals surface area contributed by atoms with Gasteiger partial charge in [0.2, 0.25) is 0 Å². The lowest BCUT2D eigenvalue weighted by molar-refractivity contribution is 0.627. The minimum atomic E-state index is -0.468. The maximum absolute atomic E-state index is 12.9. The van der Waals surface area contributed by atoms with Gasteiger partial charge in [-0.05, 0) is 18.2 Å². The number of anilines is 2. The van der Waals surface area contributed by atoms with Crippen LogP contribution in [0.5, 0.6) is 0 Å². The van der Waals surface area contributed by atoms with E-state index in [4.69, 9.17) is 16.9 Å². The normalized spacial score (nSPS) is 9.71. The number of aromatic nitrogens is 2. The monoisotopic (exact) mass is 248 g/mol. The molecule has 0 saturated heterocycles. The Hall–Kier alpha value is -2.19. The Kier molecular flexibility index (Phi) is 3.17. The van der Waals surface area contributed by atoms with Crippen LogP contribution in [-0.4, -0.2) is 9.97 Å². The molecule has 0 unspecified atom stereocenters. The summed E-state index contributed by atoms with van der Waals surface area (Å²) in [5, 5.41) is 11.9. The first-order valence-corrected chi connectivity index (χ1v) is 5.01. The van der Waals surface area contributed by atoms with Crippen LogP contribution in [0, 0.1) is 17.1 Å². The van der Waals surface area contributed by atoms with E-state index >= 15 is 0 Å². The van der Waals surface area contributed by atoms with Gasteiger partial charge in [-0.2, -0.15) is 5.26 Å². The molecule has 0 atom stereocenters. The molecule has 0 radical (unpaired) electrons. The Morgan fingerprint density at radius 2 is 2.18 bits per heavy atom. The lowest BCUT2D eigenvalue weighted by atomic mass is 10.2. The molecule has 6 heteroatoms. The van der Waals surface area contributed by atoms with Crippen molar-refractivity contribution in [2.24, 2.45) is 0 Å². The molecule has 84 valence electrons. The molecule has 1 aromatic carbocycles. The molecule has 0 aliphatic heterocycles. The summed E-state index contributed by atoms with van der Waals surface area (Å²) in [5.41, 5.74) is 0.636. The SMILES string of the molecule is N#Cc1cc(F)ccc1Nc1cncc(Cl)n1. The fourth-order valence-corrected chi connectivity index (χ4v) is 1.41. The van der Waals surface area contributed by atoms with Gasteiger partial charge >= 0.3 is 0 Å². The highest BCUT2D eigenvalue weighted by Gasteiger charge is 2.05. The lowest BCUT2D eigenvalue weighted by Gasteiger charge is -2.06. The van der Waals surface area contributed by atoms with Crippen LogP contribution in [0.2, 0.25) is 5.15 Å². The maximum Gasteiger partial charge on any atom is 0.150 e. The zero-order valence-corrected chi connectivity index (χ0v) is 9.24. The van der Waals surface area contributed by atoms with Gasteiger partial charge in [0.05, 0.1) is 23.6 Å². The Morgan fingerprint density at radius 3 is 2.88 bits per heavy atom. The molecule has 4 nitrogen and oxygen atoms in total. The second-order valence-electron chi connectivity index (χ2n) is 3.15. The molecule has 0 spiro atoms. The highest BCUT2D eigenvalue weighted by atomic mass is 35.5. The zero-order chi connectivity index (χ0) is 12.3. The molecule has 0 fully saturated rings. The number of nitrogens with zero attached hydrogens (tertiary/aromatic N) is 3. The second kappa shape index (κ2) is 4.76. The summed E-state index contributed by atoms with van der Waals surface area (Å²) in [6, 6.07) is 5.73. The van der Waals surface area contributed by atoms with Crippen molar-refractivity contribution in [3.63, 3.8) is 0 Å². The number of hydrogen-bond donors (Lipinski definition) is 1. The predicted molar refractivity (Wildman–Crippen MR) is 61.4 cm³/mol. The van der Waals surface area contributed by atoms with Crippen LogP contribution in [0.3, 0.4) is 0 Å². The van der Waals surface area contributed by atoms with E-state index in [0.717, 1.165) is 6.07 Å². The molecule has 17 heavy (non-hydrogen) atoms. The average Bonchev–Trinajstić information content (AvgIpc) is 2.31. The molecule has 0 aliphatic rings. The molecular formula is C11H6ClFN4. The third-order valence-electron chi connectivity index (χ3n) is 1.97. The van der Waals surface area contributed by atoms with Crippen molar-refractivity contribution in [3.05, 3.63) is 47.1 Å². The Bertz CT molecular complexity index is 594. The molecule has 0 amide bonds. The van der Waals surface area contributed by atoms with Crippen molar-refractivity contribution >= 4 is 23.1 Å². The van der Waals surface area contributed by atoms with Crippen LogP contribution in [0.1, 0.15) is 5.56 Å². The minimum absolute atomic E-state index is 0.187. The summed E-state index contributed by atoms with van der Waals surface area (Å²) in [5.74, 6) is -0.0788. The first kappa shape index (κ1) is 11.3. The van der Waals surface area contributed by atoms with Gasteiger partial charge in [-0.3, -0.25) is 4.98 Å². The highest BCUT2D eigenvalue weighted by Crippen LogP contribution is 2.20. The van der Waals surface area contributed by atoms with E-state index in [1.165, 1.54) is 24.5 Å². The van der Waals surface area contributed by atoms with Crippen molar-refractivity contribution in [2.45, 2.75) is 0 Å². The Balaban J connectivity index is 2.34. The first-order valence-electron chi connectivity index (χ1n) is 4.63. The van der Waals surface area contributed by atoms with Crippen molar-refractivity contribution in [3.8, 4) is 6.07 Å². The molecule has 0 saturated carbocycles. The Labute approximate surface area is 102 Å². The van der Waals surface area contributed by atoms with Gasteiger partial charge in [-0.1, -0.05) is 11.6 Å². The van der Waals surface area contributed by atoms with E-state index in [-0.39, 0.29) is 10.7 Å². The third kappa shape index (κ3) is 2.68. The van der Waals surface area contributed by atoms with Crippen LogP contribution >= 0.6 is 11.6 Å². The van der Waals surface area contributed by atoms with E-state index in [2.05, 4.69) is 15.3 Å². The van der Waals surface area contributed by atoms with Crippen molar-refractivity contribution in [1.29, 1.82) is 5.26 Å². The summed E-state index contributed by atoms with van der Waals surface area (Å²) in [6.45, 7) is 0. The smallest absolute Gasteiger partial charge is 0.150 e. The molecule has 1 aromatic heterocycles. The van der Waals surface area contributed by atoms with Crippen LogP contribution in [0.4, 0.5) is 15.9 Å². The fraction of sp³-hybridized carbons (Fsp3) is 0. The molecule has 1 heterocycles. The first-order chi connectivity index (χ1) is 8.19. The summed E-state index contributed by atoms with van der Waals surface area (Å²) < 4.78 is 12.9. The van der Waals surface area contributed by atoms with Crippen molar-refractivity contribution in [2.75, 3.05) is 5.32 Å². The number of hydrogen-bond acceptors (Lipinski definition) is 4. The summed E-state index contributed by atoms with van der Waals surface area (Å²) in [6.07, 6.45) is 2.85. The number of nitriles is 1. The van der Waals surface area contributed by atoms with Gasteiger partial charge in [0.25, 0.3) is 0 Å². The van der Waals surface area contributed by atoms with Gasteiger partial charge in [0, 0.05) is 0 Å². The minimum Gasteiger partial charge on any atom is -0.338 e. The van der Waals surface area contributed by atoms with Gasteiger partial charge < -0.3 is 5.32 Å². The van der Waals surface area contributed by atoms with Gasteiger partial charge in [-0.15, -0.1) is 0 Å². The van der Waals surface area contributed by atoms with E-state index < -0.39 is 5.82 Å². The predicted octanol–water partition coefficient (Wildman–Crippen LogP) is 2.88. The van der Waals surface area contributed by atoms with Gasteiger partial charge in [-0.25, -0.2) is 9.37 Å². The number of rotatable bonds is 2. The van der Waals surface area contributed by atoms with Gasteiger partial charge in [0.1, 0.15) is 17.0 Å². The largest absolute Gasteiger partial charge is 0.338 e. The number of halogens is 2. The second-order valence-corrected chi connectivity index (χ2v) is 3.54. The van der Waals surface area contributed by atoms with Crippen LogP contribution in [-0.2, 0) is 0 Å². The van der Waals surface area contributed by atoms with Crippen molar-refractivity contribution in [1.82, 2.24) is 9.97 Å². The fourth-order valence-electron chi connectivity index (χ4n) is 1.26. The molecule has 1 N–H and O–H groups in total. The van der Waals surface area contributed by atoms with E-state index in [1.54, 1.807) is 0 Å². The summed E-state index contributed by atoms with van der Waals surface area (Å²) in [4.78, 5) is 7.79. The molecule has 0 bridgehead atoms. The zero-order valence-electron chi connectivity index (χ0n) is 8.48. The summed E-state index contributed by atoms with van der Waals surface area (Å²) in [7, 11) is 0. The standard InChI is InChI=1S/C11H6ClFN4/c12-10-5-15-6-11(17-10)16-9-2-1-8(13)3-7(9)4-14/h1-3,5-6H,(H,16,17). The summed E-state index contributed by atoms with van der Waals surface area (Å²) >= 11 is 5.67. The molecule has 2 rings (SSSR count). The molecule has 0 aliphatic carbocycles. The number of benzene rings is 1. The molecular weight excluding hydrogens is 243 g/mol. The van der Waals surface area contributed by atoms with E-state index in [0.29, 0.717) is 11.5 Å². The Morgan fingerprint density at radius 1 is 1.35 bits per heavy atom. The van der Waals surface area contributed by atoms with Gasteiger partial charge in [0.15, 0.2) is 5.82 Å². The van der Waals surface area contributed by atoms with Crippen LogP contribution in [0.25, 0.3) is 0 Å². The van der Waals surface area contributed by atoms with E-state index in [9.17, 15) is 4.39 Å². The lowest BCUT2D eigenvalue weighted by Crippen LogP contribution is -1.97. The molecule has 2 aromatic rings. The quantitative estimate of drug-likeness (QED) is 0.888. The third-order valence-corrected chi connectivity index (χ3v) is 2.15. The maximum atomic E-state index is 12.9. The van der Waals surface area contributed by atoms with Crippen molar-refractivity contribution < 1.29 is 4.39 Å². The highest BCUT2D eigenvalue weighted by molar-refractivity contribution is 6.29. The van der Waals surface area contributed by atoms with Crippen LogP contribution in [0.15, 0.2) is 30.6 Å². The number of nitrogens with one attached hydrogen (secondary N) is 1. The van der Waals surface area contributed by atoms with E-state index in [1.807, 2.05) is 6.07 Å². The topological polar surface area (TPSA) is 61.6 Å². The van der Waals surface area contributed by atoms with Crippen LogP contribution < -0.4 is 5.32 Å².